The first-order chi connectivity index (χ1) is 18.3. The molecule has 4 aliphatic carbocycles. The van der Waals surface area contributed by atoms with E-state index in [2.05, 4.69) is 55.5 Å². The number of nitriles is 1. The molecule has 196 valence electrons. The molecule has 1 aliphatic heterocycles. The smallest absolute Gasteiger partial charge is 0.172 e. The van der Waals surface area contributed by atoms with E-state index in [0.29, 0.717) is 48.4 Å². The summed E-state index contributed by atoms with van der Waals surface area (Å²) in [6, 6.07) is 19.1. The molecule has 2 aromatic carbocycles. The van der Waals surface area contributed by atoms with Crippen LogP contribution in [0.5, 0.6) is 0 Å². The van der Waals surface area contributed by atoms with Crippen LogP contribution in [0.4, 0.5) is 0 Å². The van der Waals surface area contributed by atoms with Gasteiger partial charge in [-0.25, -0.2) is 0 Å². The minimum Gasteiger partial charge on any atom is -0.385 e. The fourth-order valence-corrected chi connectivity index (χ4v) is 8.79. The maximum Gasteiger partial charge on any atom is 0.172 e. The molecule has 2 saturated carbocycles. The van der Waals surface area contributed by atoms with Gasteiger partial charge < -0.3 is 14.6 Å². The molecular formula is C34H37NO3. The summed E-state index contributed by atoms with van der Waals surface area (Å²) in [6.07, 6.45) is 12.0. The van der Waals surface area contributed by atoms with Gasteiger partial charge in [-0.15, -0.1) is 0 Å². The molecule has 3 fully saturated rings. The lowest BCUT2D eigenvalue weighted by Crippen LogP contribution is -2.55. The molecule has 7 rings (SSSR count). The number of nitrogens with zero attached hydrogens (tertiary/aromatic N) is 1. The monoisotopic (exact) mass is 507 g/mol. The number of benzene rings is 2. The number of aliphatic hydroxyl groups is 1. The third kappa shape index (κ3) is 3.59. The zero-order chi connectivity index (χ0) is 26.1. The topological polar surface area (TPSA) is 62.5 Å². The Hall–Kier alpha value is -2.71. The summed E-state index contributed by atoms with van der Waals surface area (Å²) in [5.74, 6) is 1.99. The van der Waals surface area contributed by atoms with Gasteiger partial charge in [-0.2, -0.15) is 5.26 Å². The van der Waals surface area contributed by atoms with E-state index in [1.807, 2.05) is 31.2 Å². The molecule has 4 unspecified atom stereocenters. The average Bonchev–Trinajstić information content (AvgIpc) is 3.48. The molecule has 0 bridgehead atoms. The number of hydrogen-bond donors (Lipinski definition) is 1. The van der Waals surface area contributed by atoms with Gasteiger partial charge in [-0.1, -0.05) is 67.1 Å². The number of fused-ring (bicyclic) bond motifs is 5. The van der Waals surface area contributed by atoms with Gasteiger partial charge in [0.1, 0.15) is 0 Å². The predicted octanol–water partition coefficient (Wildman–Crippen LogP) is 6.76. The second-order valence-corrected chi connectivity index (χ2v) is 12.8. The average molecular weight is 508 g/mol. The zero-order valence-corrected chi connectivity index (χ0v) is 22.4. The minimum atomic E-state index is -0.796. The van der Waals surface area contributed by atoms with E-state index in [-0.39, 0.29) is 5.41 Å². The van der Waals surface area contributed by atoms with Crippen LogP contribution in [0.3, 0.4) is 0 Å². The first-order valence-electron chi connectivity index (χ1n) is 14.3. The minimum absolute atomic E-state index is 0.177. The van der Waals surface area contributed by atoms with Crippen molar-refractivity contribution in [2.24, 2.45) is 29.1 Å². The van der Waals surface area contributed by atoms with Gasteiger partial charge in [0.2, 0.25) is 0 Å². The number of ether oxygens (including phenoxy) is 2. The molecule has 1 saturated heterocycles. The Morgan fingerprint density at radius 3 is 2.32 bits per heavy atom. The van der Waals surface area contributed by atoms with Crippen molar-refractivity contribution in [2.75, 3.05) is 13.2 Å². The Balaban J connectivity index is 1.25. The number of rotatable bonds is 2. The number of allylic oxidation sites excluding steroid dienone is 2. The molecule has 0 amide bonds. The van der Waals surface area contributed by atoms with Gasteiger partial charge in [0.15, 0.2) is 5.79 Å². The van der Waals surface area contributed by atoms with E-state index in [1.54, 1.807) is 0 Å². The van der Waals surface area contributed by atoms with Crippen molar-refractivity contribution in [3.63, 3.8) is 0 Å². The quantitative estimate of drug-likeness (QED) is 0.456. The summed E-state index contributed by atoms with van der Waals surface area (Å²) >= 11 is 0. The number of hydrogen-bond acceptors (Lipinski definition) is 4. The second kappa shape index (κ2) is 8.65. The highest BCUT2D eigenvalue weighted by Gasteiger charge is 2.61. The van der Waals surface area contributed by atoms with E-state index in [4.69, 9.17) is 14.7 Å². The van der Waals surface area contributed by atoms with E-state index < -0.39 is 11.4 Å². The zero-order valence-electron chi connectivity index (χ0n) is 22.4. The maximum atomic E-state index is 11.6. The van der Waals surface area contributed by atoms with Crippen LogP contribution >= 0.6 is 0 Å². The molecule has 5 aliphatic rings. The fraction of sp³-hybridized carbons (Fsp3) is 0.500. The van der Waals surface area contributed by atoms with Crippen LogP contribution in [-0.2, 0) is 9.47 Å². The van der Waals surface area contributed by atoms with Crippen LogP contribution in [0, 0.1) is 40.4 Å². The molecule has 0 radical (unpaired) electrons. The Bertz CT molecular complexity index is 1330. The third-order valence-corrected chi connectivity index (χ3v) is 11.0. The lowest BCUT2D eigenvalue weighted by atomic mass is 9.47. The van der Waals surface area contributed by atoms with Crippen molar-refractivity contribution < 1.29 is 14.6 Å². The van der Waals surface area contributed by atoms with Crippen molar-refractivity contribution in [2.45, 2.75) is 63.3 Å². The predicted molar refractivity (Wildman–Crippen MR) is 147 cm³/mol. The van der Waals surface area contributed by atoms with Crippen LogP contribution in [0.1, 0.15) is 63.0 Å². The van der Waals surface area contributed by atoms with Gasteiger partial charge in [0.25, 0.3) is 0 Å². The van der Waals surface area contributed by atoms with Gasteiger partial charge in [-0.05, 0) is 84.6 Å². The Kier molecular flexibility index (Phi) is 5.54. The molecule has 1 N–H and O–H groups in total. The van der Waals surface area contributed by atoms with Crippen LogP contribution < -0.4 is 0 Å². The molecule has 1 spiro atoms. The summed E-state index contributed by atoms with van der Waals surface area (Å²) in [5, 5.41) is 20.7. The highest BCUT2D eigenvalue weighted by molar-refractivity contribution is 5.64. The first-order valence-corrected chi connectivity index (χ1v) is 14.3. The van der Waals surface area contributed by atoms with E-state index in [0.717, 1.165) is 37.7 Å². The summed E-state index contributed by atoms with van der Waals surface area (Å²) in [6.45, 7) is 5.75. The third-order valence-electron chi connectivity index (χ3n) is 11.0. The molecule has 4 nitrogen and oxygen atoms in total. The van der Waals surface area contributed by atoms with Crippen LogP contribution in [0.25, 0.3) is 11.1 Å². The summed E-state index contributed by atoms with van der Waals surface area (Å²) < 4.78 is 12.3. The fourth-order valence-electron chi connectivity index (χ4n) is 8.79. The van der Waals surface area contributed by atoms with Gasteiger partial charge >= 0.3 is 0 Å². The van der Waals surface area contributed by atoms with Gasteiger partial charge in [0.05, 0.1) is 30.4 Å². The second-order valence-electron chi connectivity index (χ2n) is 12.8. The van der Waals surface area contributed by atoms with E-state index in [9.17, 15) is 5.11 Å². The molecular weight excluding hydrogens is 470 g/mol. The van der Waals surface area contributed by atoms with Crippen molar-refractivity contribution >= 4 is 0 Å². The molecule has 1 heterocycles. The standard InChI is InChI=1S/C34H37NO3/c1-32-20-29(25-9-7-24(8-10-25)23-5-3-22(21-35)4-6-23)31-27-13-16-34(37-17-18-38-34)19-26(27)11-12-28(31)30(32)14-15-33(32,2)36/h3-11,14-15,27-31,36H,12-13,16-20H2,1-2H3/t27?,28?,29-,30?,31?,32+,33+/m1/s1. The highest BCUT2D eigenvalue weighted by atomic mass is 16.7. The van der Waals surface area contributed by atoms with Gasteiger partial charge in [-0.3, -0.25) is 0 Å². The maximum absolute atomic E-state index is 11.6. The van der Waals surface area contributed by atoms with E-state index >= 15 is 0 Å². The summed E-state index contributed by atoms with van der Waals surface area (Å²) in [4.78, 5) is 0. The van der Waals surface area contributed by atoms with Crippen molar-refractivity contribution in [1.82, 2.24) is 0 Å². The van der Waals surface area contributed by atoms with Crippen molar-refractivity contribution in [3.05, 3.63) is 83.5 Å². The van der Waals surface area contributed by atoms with Gasteiger partial charge in [0, 0.05) is 18.3 Å². The van der Waals surface area contributed by atoms with Crippen LogP contribution in [0.2, 0.25) is 0 Å². The molecule has 0 aromatic heterocycles. The Labute approximate surface area is 226 Å². The molecule has 4 heteroatoms. The SMILES string of the molecule is C[C@]1(O)C=CC2C3CC=C4CC5(CCC4C3[C@@H](c3ccc(-c4ccc(C#N)cc4)cc3)C[C@@]21C)OCCO5. The summed E-state index contributed by atoms with van der Waals surface area (Å²) in [7, 11) is 0. The van der Waals surface area contributed by atoms with E-state index in [1.165, 1.54) is 16.7 Å². The lowest BCUT2D eigenvalue weighted by molar-refractivity contribution is -0.178. The van der Waals surface area contributed by atoms with Crippen molar-refractivity contribution in [3.8, 4) is 17.2 Å². The van der Waals surface area contributed by atoms with Crippen LogP contribution in [0.15, 0.2) is 72.3 Å². The summed E-state index contributed by atoms with van der Waals surface area (Å²) in [5.41, 5.74) is 4.93. The first kappa shape index (κ1) is 24.3. The molecule has 38 heavy (non-hydrogen) atoms. The molecule has 7 atom stereocenters. The highest BCUT2D eigenvalue weighted by Crippen LogP contribution is 2.66. The Morgan fingerprint density at radius 2 is 1.63 bits per heavy atom. The Morgan fingerprint density at radius 1 is 0.947 bits per heavy atom. The van der Waals surface area contributed by atoms with Crippen LogP contribution in [-0.4, -0.2) is 29.7 Å². The normalized spacial score (nSPS) is 38.7. The van der Waals surface area contributed by atoms with Crippen molar-refractivity contribution in [1.29, 1.82) is 5.26 Å². The lowest BCUT2D eigenvalue weighted by Gasteiger charge is -2.58. The molecule has 2 aromatic rings. The largest absolute Gasteiger partial charge is 0.385 e.